The number of aldehydes is 1. The van der Waals surface area contributed by atoms with Crippen molar-refractivity contribution in [1.82, 2.24) is 0 Å². The van der Waals surface area contributed by atoms with Gasteiger partial charge in [-0.2, -0.15) is 0 Å². The minimum absolute atomic E-state index is 0.440. The number of carbonyl (C=O) groups excluding carboxylic acids is 1. The molecular formula is C16H15ClO2. The van der Waals surface area contributed by atoms with Crippen molar-refractivity contribution in [3.63, 3.8) is 0 Å². The van der Waals surface area contributed by atoms with Crippen LogP contribution in [0.3, 0.4) is 0 Å². The van der Waals surface area contributed by atoms with E-state index in [1.807, 2.05) is 13.8 Å². The molecule has 2 aromatic carbocycles. The summed E-state index contributed by atoms with van der Waals surface area (Å²) >= 11 is 5.84. The maximum absolute atomic E-state index is 11.0. The lowest BCUT2D eigenvalue weighted by Gasteiger charge is -2.11. The van der Waals surface area contributed by atoms with Crippen molar-refractivity contribution in [3.8, 4) is 5.75 Å². The largest absolute Gasteiger partial charge is 0.488 e. The van der Waals surface area contributed by atoms with E-state index in [1.54, 1.807) is 18.2 Å². The Morgan fingerprint density at radius 1 is 1.16 bits per heavy atom. The molecule has 98 valence electrons. The smallest absolute Gasteiger partial charge is 0.153 e. The number of ether oxygens (including phenoxy) is 1. The van der Waals surface area contributed by atoms with Gasteiger partial charge in [-0.05, 0) is 43.2 Å². The lowest BCUT2D eigenvalue weighted by molar-refractivity contribution is 0.111. The number of hydrogen-bond donors (Lipinski definition) is 0. The Hall–Kier alpha value is -1.80. The Morgan fingerprint density at radius 2 is 1.95 bits per heavy atom. The van der Waals surface area contributed by atoms with Crippen LogP contribution in [-0.2, 0) is 6.61 Å². The van der Waals surface area contributed by atoms with Crippen LogP contribution in [0.15, 0.2) is 36.4 Å². The van der Waals surface area contributed by atoms with Gasteiger partial charge in [-0.15, -0.1) is 0 Å². The summed E-state index contributed by atoms with van der Waals surface area (Å²) < 4.78 is 5.72. The first-order chi connectivity index (χ1) is 9.10. The molecule has 3 heteroatoms. The van der Waals surface area contributed by atoms with Crippen molar-refractivity contribution in [2.24, 2.45) is 0 Å². The SMILES string of the molecule is Cc1ccc(C)c(COc2ccc(Cl)cc2C=O)c1. The maximum Gasteiger partial charge on any atom is 0.153 e. The molecule has 2 aromatic rings. The predicted molar refractivity (Wildman–Crippen MR) is 77.1 cm³/mol. The average molecular weight is 275 g/mol. The van der Waals surface area contributed by atoms with Crippen LogP contribution < -0.4 is 4.74 Å². The summed E-state index contributed by atoms with van der Waals surface area (Å²) in [5.74, 6) is 0.556. The second kappa shape index (κ2) is 5.89. The van der Waals surface area contributed by atoms with Crippen LogP contribution in [0.5, 0.6) is 5.75 Å². The van der Waals surface area contributed by atoms with Gasteiger partial charge in [-0.1, -0.05) is 35.4 Å². The molecule has 0 unspecified atom stereocenters. The summed E-state index contributed by atoms with van der Waals surface area (Å²) in [5, 5.41) is 0.529. The summed E-state index contributed by atoms with van der Waals surface area (Å²) in [7, 11) is 0. The van der Waals surface area contributed by atoms with Gasteiger partial charge < -0.3 is 4.74 Å². The topological polar surface area (TPSA) is 26.3 Å². The van der Waals surface area contributed by atoms with E-state index in [9.17, 15) is 4.79 Å². The van der Waals surface area contributed by atoms with Gasteiger partial charge in [0, 0.05) is 5.02 Å². The fraction of sp³-hybridized carbons (Fsp3) is 0.188. The van der Waals surface area contributed by atoms with E-state index >= 15 is 0 Å². The van der Waals surface area contributed by atoms with Gasteiger partial charge in [0.25, 0.3) is 0 Å². The van der Waals surface area contributed by atoms with Gasteiger partial charge in [0.05, 0.1) is 5.56 Å². The third-order valence-electron chi connectivity index (χ3n) is 2.99. The van der Waals surface area contributed by atoms with Crippen LogP contribution >= 0.6 is 11.6 Å². The Labute approximate surface area is 118 Å². The maximum atomic E-state index is 11.0. The highest BCUT2D eigenvalue weighted by Crippen LogP contribution is 2.23. The molecule has 2 rings (SSSR count). The van der Waals surface area contributed by atoms with E-state index < -0.39 is 0 Å². The van der Waals surface area contributed by atoms with Crippen LogP contribution in [0.4, 0.5) is 0 Å². The summed E-state index contributed by atoms with van der Waals surface area (Å²) in [6.45, 7) is 4.53. The molecule has 0 heterocycles. The van der Waals surface area contributed by atoms with Crippen molar-refractivity contribution in [1.29, 1.82) is 0 Å². The normalized spacial score (nSPS) is 10.3. The number of benzene rings is 2. The highest BCUT2D eigenvalue weighted by Gasteiger charge is 2.05. The lowest BCUT2D eigenvalue weighted by Crippen LogP contribution is -2.00. The van der Waals surface area contributed by atoms with Crippen LogP contribution in [0.25, 0.3) is 0 Å². The Kier molecular flexibility index (Phi) is 4.23. The molecule has 2 nitrogen and oxygen atoms in total. The van der Waals surface area contributed by atoms with Crippen LogP contribution in [0.2, 0.25) is 5.02 Å². The minimum Gasteiger partial charge on any atom is -0.488 e. The van der Waals surface area contributed by atoms with Crippen LogP contribution in [0, 0.1) is 13.8 Å². The molecule has 19 heavy (non-hydrogen) atoms. The molecule has 0 amide bonds. The highest BCUT2D eigenvalue weighted by atomic mass is 35.5. The van der Waals surface area contributed by atoms with Gasteiger partial charge in [0.15, 0.2) is 6.29 Å². The number of hydrogen-bond acceptors (Lipinski definition) is 2. The summed E-state index contributed by atoms with van der Waals surface area (Å²) in [4.78, 5) is 11.0. The molecule has 0 atom stereocenters. The lowest BCUT2D eigenvalue weighted by atomic mass is 10.1. The Morgan fingerprint density at radius 3 is 2.68 bits per heavy atom. The van der Waals surface area contributed by atoms with Gasteiger partial charge in [0.2, 0.25) is 0 Å². The number of aryl methyl sites for hydroxylation is 2. The van der Waals surface area contributed by atoms with Gasteiger partial charge in [0.1, 0.15) is 12.4 Å². The van der Waals surface area contributed by atoms with Crippen molar-refractivity contribution < 1.29 is 9.53 Å². The number of rotatable bonds is 4. The molecule has 0 radical (unpaired) electrons. The third-order valence-corrected chi connectivity index (χ3v) is 3.22. The molecule has 0 saturated carbocycles. The highest BCUT2D eigenvalue weighted by molar-refractivity contribution is 6.30. The molecule has 0 aliphatic rings. The van der Waals surface area contributed by atoms with E-state index in [1.165, 1.54) is 11.1 Å². The predicted octanol–water partition coefficient (Wildman–Crippen LogP) is 4.35. The second-order valence-electron chi connectivity index (χ2n) is 4.52. The van der Waals surface area contributed by atoms with Gasteiger partial charge in [-0.3, -0.25) is 4.79 Å². The zero-order chi connectivity index (χ0) is 13.8. The van der Waals surface area contributed by atoms with E-state index in [0.29, 0.717) is 22.9 Å². The van der Waals surface area contributed by atoms with Crippen molar-refractivity contribution in [3.05, 3.63) is 63.7 Å². The second-order valence-corrected chi connectivity index (χ2v) is 4.96. The number of halogens is 1. The monoisotopic (exact) mass is 274 g/mol. The summed E-state index contributed by atoms with van der Waals surface area (Å²) in [6, 6.07) is 11.3. The molecule has 0 saturated heterocycles. The van der Waals surface area contributed by atoms with E-state index in [-0.39, 0.29) is 0 Å². The first-order valence-electron chi connectivity index (χ1n) is 6.04. The van der Waals surface area contributed by atoms with Crippen molar-refractivity contribution in [2.45, 2.75) is 20.5 Å². The molecule has 0 aliphatic carbocycles. The fourth-order valence-electron chi connectivity index (χ4n) is 1.85. The molecule has 0 spiro atoms. The molecular weight excluding hydrogens is 260 g/mol. The molecule has 0 aromatic heterocycles. The third kappa shape index (κ3) is 3.36. The zero-order valence-corrected chi connectivity index (χ0v) is 11.7. The van der Waals surface area contributed by atoms with E-state index in [4.69, 9.17) is 16.3 Å². The summed E-state index contributed by atoms with van der Waals surface area (Å²) in [5.41, 5.74) is 3.95. The van der Waals surface area contributed by atoms with Gasteiger partial charge in [-0.25, -0.2) is 0 Å². The molecule has 0 N–H and O–H groups in total. The summed E-state index contributed by atoms with van der Waals surface area (Å²) in [6.07, 6.45) is 0.754. The average Bonchev–Trinajstić information content (AvgIpc) is 2.40. The quantitative estimate of drug-likeness (QED) is 0.775. The van der Waals surface area contributed by atoms with E-state index in [0.717, 1.165) is 11.8 Å². The number of carbonyl (C=O) groups is 1. The Bertz CT molecular complexity index is 606. The minimum atomic E-state index is 0.440. The first-order valence-corrected chi connectivity index (χ1v) is 6.41. The first kappa shape index (κ1) is 13.6. The zero-order valence-electron chi connectivity index (χ0n) is 10.9. The standard InChI is InChI=1S/C16H15ClO2/c1-11-3-4-12(2)14(7-11)10-19-16-6-5-15(17)8-13(16)9-18/h3-9H,10H2,1-2H3. The van der Waals surface area contributed by atoms with Crippen LogP contribution in [0.1, 0.15) is 27.0 Å². The fourth-order valence-corrected chi connectivity index (χ4v) is 2.03. The van der Waals surface area contributed by atoms with E-state index in [2.05, 4.69) is 18.2 Å². The van der Waals surface area contributed by atoms with Crippen LogP contribution in [-0.4, -0.2) is 6.29 Å². The molecule has 0 aliphatic heterocycles. The molecule has 0 bridgehead atoms. The Balaban J connectivity index is 2.18. The molecule has 0 fully saturated rings. The van der Waals surface area contributed by atoms with Gasteiger partial charge >= 0.3 is 0 Å². The van der Waals surface area contributed by atoms with Crippen molar-refractivity contribution >= 4 is 17.9 Å². The van der Waals surface area contributed by atoms with Crippen molar-refractivity contribution in [2.75, 3.05) is 0 Å².